The van der Waals surface area contributed by atoms with Crippen LogP contribution in [0.25, 0.3) is 0 Å². The number of carbonyl (C=O) groups excluding carboxylic acids is 2. The van der Waals surface area contributed by atoms with Crippen LogP contribution in [0.5, 0.6) is 0 Å². The summed E-state index contributed by atoms with van der Waals surface area (Å²) in [6.07, 6.45) is 1.68. The van der Waals surface area contributed by atoms with Gasteiger partial charge in [0.2, 0.25) is 5.91 Å². The van der Waals surface area contributed by atoms with Crippen LogP contribution >= 0.6 is 0 Å². The van der Waals surface area contributed by atoms with Gasteiger partial charge in [-0.1, -0.05) is 35.9 Å². The van der Waals surface area contributed by atoms with E-state index in [0.29, 0.717) is 18.7 Å². The molecule has 0 saturated carbocycles. The molecule has 4 rings (SSSR count). The molecule has 0 aliphatic carbocycles. The van der Waals surface area contributed by atoms with Gasteiger partial charge in [-0.05, 0) is 48.9 Å². The molecule has 2 atom stereocenters. The van der Waals surface area contributed by atoms with Crippen LogP contribution < -0.4 is 5.32 Å². The summed E-state index contributed by atoms with van der Waals surface area (Å²) in [7, 11) is 0. The van der Waals surface area contributed by atoms with Gasteiger partial charge in [0, 0.05) is 30.8 Å². The van der Waals surface area contributed by atoms with E-state index in [0.717, 1.165) is 16.8 Å². The summed E-state index contributed by atoms with van der Waals surface area (Å²) in [5.74, 6) is -1.40. The Bertz CT molecular complexity index is 1070. The van der Waals surface area contributed by atoms with Crippen molar-refractivity contribution in [3.63, 3.8) is 0 Å². The van der Waals surface area contributed by atoms with Gasteiger partial charge in [-0.3, -0.25) is 14.6 Å². The number of hydrogen-bond donors (Lipinski definition) is 1. The summed E-state index contributed by atoms with van der Waals surface area (Å²) in [5, 5.41) is 2.93. The second kappa shape index (κ2) is 9.08. The quantitative estimate of drug-likeness (QED) is 0.689. The summed E-state index contributed by atoms with van der Waals surface area (Å²) < 4.78 is 13.9. The highest BCUT2D eigenvalue weighted by Gasteiger charge is 2.40. The number of nitrogens with zero attached hydrogens (tertiary/aromatic N) is 2. The van der Waals surface area contributed by atoms with E-state index in [1.165, 1.54) is 12.1 Å². The third-order valence-corrected chi connectivity index (χ3v) is 5.69. The van der Waals surface area contributed by atoms with Gasteiger partial charge in [0.25, 0.3) is 5.91 Å². The molecule has 158 valence electrons. The number of likely N-dealkylation sites (tertiary alicyclic amines) is 1. The van der Waals surface area contributed by atoms with Gasteiger partial charge in [-0.2, -0.15) is 0 Å². The third-order valence-electron chi connectivity index (χ3n) is 5.69. The largest absolute Gasteiger partial charge is 0.350 e. The Balaban J connectivity index is 1.55. The van der Waals surface area contributed by atoms with Gasteiger partial charge in [0.15, 0.2) is 0 Å². The lowest BCUT2D eigenvalue weighted by atomic mass is 9.88. The molecule has 6 heteroatoms. The average molecular weight is 417 g/mol. The van der Waals surface area contributed by atoms with Crippen molar-refractivity contribution in [1.82, 2.24) is 15.2 Å². The van der Waals surface area contributed by atoms with Crippen molar-refractivity contribution in [2.75, 3.05) is 13.1 Å². The maximum absolute atomic E-state index is 13.9. The summed E-state index contributed by atoms with van der Waals surface area (Å²) in [6, 6.07) is 19.2. The number of amides is 2. The first-order valence-corrected chi connectivity index (χ1v) is 10.3. The zero-order valence-corrected chi connectivity index (χ0v) is 17.3. The predicted molar refractivity (Wildman–Crippen MR) is 116 cm³/mol. The minimum absolute atomic E-state index is 0.124. The molecule has 31 heavy (non-hydrogen) atoms. The molecular weight excluding hydrogens is 393 g/mol. The Morgan fingerprint density at radius 2 is 1.87 bits per heavy atom. The fourth-order valence-corrected chi connectivity index (χ4v) is 4.00. The molecule has 2 amide bonds. The van der Waals surface area contributed by atoms with E-state index in [4.69, 9.17) is 0 Å². The van der Waals surface area contributed by atoms with E-state index < -0.39 is 5.92 Å². The maximum Gasteiger partial charge on any atom is 0.253 e. The normalized spacial score (nSPS) is 18.1. The van der Waals surface area contributed by atoms with Crippen molar-refractivity contribution in [2.45, 2.75) is 19.4 Å². The minimum atomic E-state index is -0.472. The molecule has 0 unspecified atom stereocenters. The number of benzene rings is 2. The molecule has 5 nitrogen and oxygen atoms in total. The topological polar surface area (TPSA) is 62.3 Å². The predicted octanol–water partition coefficient (Wildman–Crippen LogP) is 3.70. The molecule has 1 N–H and O–H groups in total. The van der Waals surface area contributed by atoms with Crippen molar-refractivity contribution in [3.8, 4) is 0 Å². The number of carbonyl (C=O) groups is 2. The first-order chi connectivity index (χ1) is 15.0. The zero-order valence-electron chi connectivity index (χ0n) is 17.3. The van der Waals surface area contributed by atoms with Crippen LogP contribution in [0.3, 0.4) is 0 Å². The van der Waals surface area contributed by atoms with Crippen molar-refractivity contribution in [3.05, 3.63) is 101 Å². The summed E-state index contributed by atoms with van der Waals surface area (Å²) >= 11 is 0. The van der Waals surface area contributed by atoms with E-state index in [9.17, 15) is 14.0 Å². The second-order valence-corrected chi connectivity index (χ2v) is 7.88. The first kappa shape index (κ1) is 20.7. The van der Waals surface area contributed by atoms with Gasteiger partial charge in [0.05, 0.1) is 18.2 Å². The SMILES string of the molecule is Cc1ccc(C(=O)N2C[C@H](C(=O)NCc3ccccn3)[C@@H](c3cccc(F)c3)C2)cc1. The van der Waals surface area contributed by atoms with Gasteiger partial charge >= 0.3 is 0 Å². The van der Waals surface area contributed by atoms with Crippen molar-refractivity contribution in [2.24, 2.45) is 5.92 Å². The molecule has 0 bridgehead atoms. The van der Waals surface area contributed by atoms with Crippen molar-refractivity contribution in [1.29, 1.82) is 0 Å². The number of rotatable bonds is 5. The number of halogens is 1. The summed E-state index contributed by atoms with van der Waals surface area (Å²) in [6.45, 7) is 2.91. The third kappa shape index (κ3) is 4.79. The molecule has 1 aliphatic heterocycles. The highest BCUT2D eigenvalue weighted by Crippen LogP contribution is 2.34. The molecule has 0 spiro atoms. The Morgan fingerprint density at radius 1 is 1.06 bits per heavy atom. The van der Waals surface area contributed by atoms with E-state index in [1.54, 1.807) is 29.3 Å². The smallest absolute Gasteiger partial charge is 0.253 e. The number of aromatic nitrogens is 1. The minimum Gasteiger partial charge on any atom is -0.350 e. The van der Waals surface area contributed by atoms with Crippen LogP contribution in [-0.2, 0) is 11.3 Å². The average Bonchev–Trinajstić information content (AvgIpc) is 3.24. The molecule has 1 fully saturated rings. The molecular formula is C25H24FN3O2. The number of hydrogen-bond acceptors (Lipinski definition) is 3. The van der Waals surface area contributed by atoms with Gasteiger partial charge in [-0.25, -0.2) is 4.39 Å². The van der Waals surface area contributed by atoms with Crippen molar-refractivity contribution >= 4 is 11.8 Å². The van der Waals surface area contributed by atoms with Crippen LogP contribution in [0, 0.1) is 18.7 Å². The van der Waals surface area contributed by atoms with E-state index in [1.807, 2.05) is 43.3 Å². The molecule has 2 aromatic carbocycles. The Labute approximate surface area is 180 Å². The van der Waals surface area contributed by atoms with Crippen LogP contribution in [0.1, 0.15) is 33.1 Å². The highest BCUT2D eigenvalue weighted by atomic mass is 19.1. The second-order valence-electron chi connectivity index (χ2n) is 7.88. The van der Waals surface area contributed by atoms with Gasteiger partial charge < -0.3 is 10.2 Å². The molecule has 1 aromatic heterocycles. The molecule has 1 saturated heterocycles. The van der Waals surface area contributed by atoms with Crippen LogP contribution in [-0.4, -0.2) is 34.8 Å². The standard InChI is InChI=1S/C25H24FN3O2/c1-17-8-10-18(11-9-17)25(31)29-15-22(19-5-4-6-20(26)13-19)23(16-29)24(30)28-14-21-7-2-3-12-27-21/h2-13,22-23H,14-16H2,1H3,(H,28,30)/t22-,23+/m1/s1. The van der Waals surface area contributed by atoms with E-state index in [2.05, 4.69) is 10.3 Å². The lowest BCUT2D eigenvalue weighted by Gasteiger charge is -2.18. The lowest BCUT2D eigenvalue weighted by Crippen LogP contribution is -2.35. The molecule has 2 heterocycles. The van der Waals surface area contributed by atoms with Crippen LogP contribution in [0.2, 0.25) is 0 Å². The zero-order chi connectivity index (χ0) is 21.8. The van der Waals surface area contributed by atoms with Crippen LogP contribution in [0.15, 0.2) is 72.9 Å². The van der Waals surface area contributed by atoms with Gasteiger partial charge in [0.1, 0.15) is 5.82 Å². The number of pyridine rings is 1. The first-order valence-electron chi connectivity index (χ1n) is 10.3. The van der Waals surface area contributed by atoms with Crippen LogP contribution in [0.4, 0.5) is 4.39 Å². The monoisotopic (exact) mass is 417 g/mol. The maximum atomic E-state index is 13.9. The Kier molecular flexibility index (Phi) is 6.07. The highest BCUT2D eigenvalue weighted by molar-refractivity contribution is 5.95. The summed E-state index contributed by atoms with van der Waals surface area (Å²) in [4.78, 5) is 32.0. The molecule has 0 radical (unpaired) electrons. The van der Waals surface area contributed by atoms with Gasteiger partial charge in [-0.15, -0.1) is 0 Å². The fraction of sp³-hybridized carbons (Fsp3) is 0.240. The molecule has 3 aromatic rings. The number of nitrogens with one attached hydrogen (secondary N) is 1. The van der Waals surface area contributed by atoms with E-state index in [-0.39, 0.29) is 30.1 Å². The Morgan fingerprint density at radius 3 is 2.58 bits per heavy atom. The Hall–Kier alpha value is -3.54. The number of aryl methyl sites for hydroxylation is 1. The fourth-order valence-electron chi connectivity index (χ4n) is 4.00. The molecule has 1 aliphatic rings. The van der Waals surface area contributed by atoms with E-state index >= 15 is 0 Å². The lowest BCUT2D eigenvalue weighted by molar-refractivity contribution is -0.125. The van der Waals surface area contributed by atoms with Crippen molar-refractivity contribution < 1.29 is 14.0 Å². The summed E-state index contributed by atoms with van der Waals surface area (Å²) in [5.41, 5.74) is 3.13.